The molecule has 1 aliphatic rings. The third kappa shape index (κ3) is 2.98. The molecule has 0 amide bonds. The predicted molar refractivity (Wildman–Crippen MR) is 81.4 cm³/mol. The van der Waals surface area contributed by atoms with E-state index in [1.807, 2.05) is 13.2 Å². The molecule has 2 aromatic rings. The van der Waals surface area contributed by atoms with Gasteiger partial charge in [-0.15, -0.1) is 0 Å². The van der Waals surface area contributed by atoms with Gasteiger partial charge in [-0.1, -0.05) is 0 Å². The lowest BCUT2D eigenvalue weighted by molar-refractivity contribution is 0.204. The molecule has 0 bridgehead atoms. The lowest BCUT2D eigenvalue weighted by Gasteiger charge is -2.26. The minimum atomic E-state index is 0.517. The van der Waals surface area contributed by atoms with Crippen molar-refractivity contribution in [3.8, 4) is 0 Å². The van der Waals surface area contributed by atoms with E-state index in [0.717, 1.165) is 36.5 Å². The smallest absolute Gasteiger partial charge is 0.163 e. The molecular formula is C14H22N6O. The number of methoxy groups -OCH3 is 1. The third-order valence-corrected chi connectivity index (χ3v) is 3.98. The van der Waals surface area contributed by atoms with Crippen molar-refractivity contribution < 1.29 is 4.74 Å². The standard InChI is InChI=1S/C14H22N6O/c1-19-13-12(8-18-19)14(17-10-16-13)20(6-7-21-2)9-11-4-3-5-15-11/h8,10-11,15H,3-7,9H2,1-2H3. The summed E-state index contributed by atoms with van der Waals surface area (Å²) in [5, 5.41) is 8.83. The molecule has 21 heavy (non-hydrogen) atoms. The van der Waals surface area contributed by atoms with Crippen LogP contribution in [0.15, 0.2) is 12.5 Å². The van der Waals surface area contributed by atoms with Crippen molar-refractivity contribution >= 4 is 16.9 Å². The van der Waals surface area contributed by atoms with E-state index in [1.165, 1.54) is 12.8 Å². The number of hydrogen-bond acceptors (Lipinski definition) is 6. The Kier molecular flexibility index (Phi) is 4.31. The van der Waals surface area contributed by atoms with Gasteiger partial charge in [0.05, 0.1) is 18.2 Å². The number of anilines is 1. The van der Waals surface area contributed by atoms with Crippen molar-refractivity contribution in [3.63, 3.8) is 0 Å². The first-order chi connectivity index (χ1) is 10.3. The predicted octanol–water partition coefficient (Wildman–Crippen LogP) is 0.568. The highest BCUT2D eigenvalue weighted by Gasteiger charge is 2.21. The summed E-state index contributed by atoms with van der Waals surface area (Å²) in [5.41, 5.74) is 0.863. The highest BCUT2D eigenvalue weighted by Crippen LogP contribution is 2.23. The van der Waals surface area contributed by atoms with E-state index in [9.17, 15) is 0 Å². The van der Waals surface area contributed by atoms with Gasteiger partial charge >= 0.3 is 0 Å². The summed E-state index contributed by atoms with van der Waals surface area (Å²) in [6.45, 7) is 3.54. The second-order valence-corrected chi connectivity index (χ2v) is 5.43. The summed E-state index contributed by atoms with van der Waals surface area (Å²) in [7, 11) is 3.63. The van der Waals surface area contributed by atoms with Crippen LogP contribution < -0.4 is 10.2 Å². The fourth-order valence-electron chi connectivity index (χ4n) is 2.87. The van der Waals surface area contributed by atoms with Crippen LogP contribution in [0.2, 0.25) is 0 Å². The molecule has 0 radical (unpaired) electrons. The molecule has 0 spiro atoms. The molecule has 3 heterocycles. The van der Waals surface area contributed by atoms with E-state index in [2.05, 4.69) is 25.3 Å². The van der Waals surface area contributed by atoms with Crippen molar-refractivity contribution in [2.45, 2.75) is 18.9 Å². The van der Waals surface area contributed by atoms with E-state index in [0.29, 0.717) is 12.6 Å². The van der Waals surface area contributed by atoms with E-state index in [4.69, 9.17) is 4.74 Å². The lowest BCUT2D eigenvalue weighted by atomic mass is 10.2. The first-order valence-corrected chi connectivity index (χ1v) is 7.39. The molecule has 1 atom stereocenters. The van der Waals surface area contributed by atoms with Crippen molar-refractivity contribution in [2.24, 2.45) is 7.05 Å². The SMILES string of the molecule is COCCN(CC1CCCN1)c1ncnc2c1cnn2C. The lowest BCUT2D eigenvalue weighted by Crippen LogP contribution is -2.39. The van der Waals surface area contributed by atoms with Crippen molar-refractivity contribution in [2.75, 3.05) is 38.3 Å². The maximum atomic E-state index is 5.25. The number of aryl methyl sites for hydroxylation is 1. The molecule has 2 aromatic heterocycles. The molecule has 114 valence electrons. The van der Waals surface area contributed by atoms with Gasteiger partial charge in [0.15, 0.2) is 5.65 Å². The minimum Gasteiger partial charge on any atom is -0.383 e. The summed E-state index contributed by atoms with van der Waals surface area (Å²) in [5.74, 6) is 0.943. The van der Waals surface area contributed by atoms with Gasteiger partial charge in [0.2, 0.25) is 0 Å². The van der Waals surface area contributed by atoms with Crippen molar-refractivity contribution in [1.29, 1.82) is 0 Å². The van der Waals surface area contributed by atoms with E-state index in [-0.39, 0.29) is 0 Å². The van der Waals surface area contributed by atoms with Crippen LogP contribution in [0.3, 0.4) is 0 Å². The average molecular weight is 290 g/mol. The summed E-state index contributed by atoms with van der Waals surface area (Å²) < 4.78 is 7.03. The maximum Gasteiger partial charge on any atom is 0.163 e. The van der Waals surface area contributed by atoms with Crippen LogP contribution in [0.4, 0.5) is 5.82 Å². The number of nitrogens with zero attached hydrogens (tertiary/aromatic N) is 5. The largest absolute Gasteiger partial charge is 0.383 e. The second kappa shape index (κ2) is 6.36. The topological polar surface area (TPSA) is 68.1 Å². The average Bonchev–Trinajstić information content (AvgIpc) is 3.14. The summed E-state index contributed by atoms with van der Waals surface area (Å²) in [6, 6.07) is 0.517. The fourth-order valence-corrected chi connectivity index (χ4v) is 2.87. The van der Waals surface area contributed by atoms with Crippen LogP contribution in [-0.4, -0.2) is 59.1 Å². The highest BCUT2D eigenvalue weighted by molar-refractivity contribution is 5.86. The number of aromatic nitrogens is 4. The molecule has 0 aliphatic carbocycles. The zero-order valence-corrected chi connectivity index (χ0v) is 12.6. The molecule has 1 saturated heterocycles. The summed E-state index contributed by atoms with van der Waals surface area (Å²) in [4.78, 5) is 11.1. The number of hydrogen-bond donors (Lipinski definition) is 1. The van der Waals surface area contributed by atoms with E-state index >= 15 is 0 Å². The number of ether oxygens (including phenoxy) is 1. The van der Waals surface area contributed by atoms with Gasteiger partial charge < -0.3 is 15.0 Å². The van der Waals surface area contributed by atoms with Crippen LogP contribution >= 0.6 is 0 Å². The van der Waals surface area contributed by atoms with Crippen molar-refractivity contribution in [3.05, 3.63) is 12.5 Å². The normalized spacial score (nSPS) is 18.5. The zero-order valence-electron chi connectivity index (χ0n) is 12.6. The van der Waals surface area contributed by atoms with E-state index < -0.39 is 0 Å². The fraction of sp³-hybridized carbons (Fsp3) is 0.643. The molecule has 7 nitrogen and oxygen atoms in total. The Morgan fingerprint density at radius 2 is 2.38 bits per heavy atom. The van der Waals surface area contributed by atoms with Crippen LogP contribution in [0.1, 0.15) is 12.8 Å². The maximum absolute atomic E-state index is 5.25. The van der Waals surface area contributed by atoms with Crippen LogP contribution in [0.5, 0.6) is 0 Å². The summed E-state index contributed by atoms with van der Waals surface area (Å²) >= 11 is 0. The molecular weight excluding hydrogens is 268 g/mol. The molecule has 1 unspecified atom stereocenters. The van der Waals surface area contributed by atoms with Gasteiger partial charge in [0.1, 0.15) is 12.1 Å². The highest BCUT2D eigenvalue weighted by atomic mass is 16.5. The number of nitrogens with one attached hydrogen (secondary N) is 1. The zero-order chi connectivity index (χ0) is 14.7. The molecule has 1 N–H and O–H groups in total. The van der Waals surface area contributed by atoms with Crippen molar-refractivity contribution in [1.82, 2.24) is 25.1 Å². The number of fused-ring (bicyclic) bond motifs is 1. The minimum absolute atomic E-state index is 0.517. The molecule has 3 rings (SSSR count). The quantitative estimate of drug-likeness (QED) is 0.839. The van der Waals surface area contributed by atoms with Gasteiger partial charge in [-0.05, 0) is 19.4 Å². The van der Waals surface area contributed by atoms with Gasteiger partial charge in [0.25, 0.3) is 0 Å². The number of rotatable bonds is 6. The van der Waals surface area contributed by atoms with Gasteiger partial charge in [-0.3, -0.25) is 4.68 Å². The van der Waals surface area contributed by atoms with Gasteiger partial charge in [0, 0.05) is 33.3 Å². The molecule has 1 fully saturated rings. The Morgan fingerprint density at radius 1 is 1.48 bits per heavy atom. The van der Waals surface area contributed by atoms with Crippen LogP contribution in [0.25, 0.3) is 11.0 Å². The van der Waals surface area contributed by atoms with E-state index in [1.54, 1.807) is 18.1 Å². The monoisotopic (exact) mass is 290 g/mol. The third-order valence-electron chi connectivity index (χ3n) is 3.98. The Hall–Kier alpha value is -1.73. The van der Waals surface area contributed by atoms with Crippen LogP contribution in [-0.2, 0) is 11.8 Å². The van der Waals surface area contributed by atoms with Gasteiger partial charge in [-0.25, -0.2) is 9.97 Å². The summed E-state index contributed by atoms with van der Waals surface area (Å²) in [6.07, 6.45) is 5.91. The molecule has 0 saturated carbocycles. The Morgan fingerprint density at radius 3 is 3.14 bits per heavy atom. The first-order valence-electron chi connectivity index (χ1n) is 7.39. The Balaban J connectivity index is 1.89. The molecule has 0 aromatic carbocycles. The van der Waals surface area contributed by atoms with Crippen LogP contribution in [0, 0.1) is 0 Å². The Labute approximate surface area is 124 Å². The molecule has 1 aliphatic heterocycles. The molecule has 7 heteroatoms. The first kappa shape index (κ1) is 14.2. The Bertz CT molecular complexity index is 592. The second-order valence-electron chi connectivity index (χ2n) is 5.43. The van der Waals surface area contributed by atoms with Gasteiger partial charge in [-0.2, -0.15) is 5.10 Å².